The fourth-order valence-electron chi connectivity index (χ4n) is 1.90. The van der Waals surface area contributed by atoms with E-state index >= 15 is 0 Å². The Morgan fingerprint density at radius 3 is 2.64 bits per heavy atom. The fourth-order valence-corrected chi connectivity index (χ4v) is 2.07. The zero-order chi connectivity index (χ0) is 16.3. The van der Waals surface area contributed by atoms with Crippen LogP contribution in [0, 0.1) is 28.4 Å². The number of nitrogens with zero attached hydrogens (tertiary/aromatic N) is 2. The van der Waals surface area contributed by atoms with E-state index in [2.05, 4.69) is 5.32 Å². The van der Waals surface area contributed by atoms with Gasteiger partial charge >= 0.3 is 0 Å². The minimum Gasteiger partial charge on any atom is -0.320 e. The van der Waals surface area contributed by atoms with E-state index in [1.165, 1.54) is 30.3 Å². The summed E-state index contributed by atoms with van der Waals surface area (Å²) in [6.07, 6.45) is 0. The van der Waals surface area contributed by atoms with Crippen LogP contribution in [0.1, 0.15) is 21.5 Å². The molecule has 2 aromatic rings. The van der Waals surface area contributed by atoms with E-state index in [1.54, 1.807) is 13.0 Å². The number of hydrogen-bond acceptors (Lipinski definition) is 4. The molecule has 22 heavy (non-hydrogen) atoms. The van der Waals surface area contributed by atoms with Crippen LogP contribution < -0.4 is 5.32 Å². The summed E-state index contributed by atoms with van der Waals surface area (Å²) in [5.41, 5.74) is 1.42. The molecule has 7 heteroatoms. The number of rotatable bonds is 3. The monoisotopic (exact) mass is 315 g/mol. The molecule has 0 saturated heterocycles. The van der Waals surface area contributed by atoms with Gasteiger partial charge in [-0.2, -0.15) is 5.26 Å². The Kier molecular flexibility index (Phi) is 4.39. The Morgan fingerprint density at radius 2 is 2.05 bits per heavy atom. The van der Waals surface area contributed by atoms with Crippen LogP contribution >= 0.6 is 11.6 Å². The molecule has 0 spiro atoms. The van der Waals surface area contributed by atoms with E-state index in [4.69, 9.17) is 16.9 Å². The maximum absolute atomic E-state index is 12.2. The maximum atomic E-state index is 12.2. The summed E-state index contributed by atoms with van der Waals surface area (Å²) in [6, 6.07) is 10.4. The van der Waals surface area contributed by atoms with Crippen molar-refractivity contribution in [1.29, 1.82) is 5.26 Å². The van der Waals surface area contributed by atoms with Gasteiger partial charge in [-0.05, 0) is 36.8 Å². The van der Waals surface area contributed by atoms with Crippen molar-refractivity contribution in [1.82, 2.24) is 0 Å². The van der Waals surface area contributed by atoms with Crippen molar-refractivity contribution in [2.45, 2.75) is 6.92 Å². The Morgan fingerprint density at radius 1 is 1.32 bits per heavy atom. The number of benzene rings is 2. The molecule has 2 aromatic carbocycles. The number of nitro benzene ring substituents is 1. The summed E-state index contributed by atoms with van der Waals surface area (Å²) in [5, 5.41) is 22.3. The van der Waals surface area contributed by atoms with Crippen molar-refractivity contribution < 1.29 is 9.72 Å². The lowest BCUT2D eigenvalue weighted by atomic mass is 10.0. The first kappa shape index (κ1) is 15.5. The highest BCUT2D eigenvalue weighted by molar-refractivity contribution is 6.34. The molecule has 1 amide bonds. The molecule has 1 N–H and O–H groups in total. The number of anilines is 1. The van der Waals surface area contributed by atoms with E-state index in [-0.39, 0.29) is 16.4 Å². The van der Waals surface area contributed by atoms with Crippen molar-refractivity contribution in [3.8, 4) is 6.07 Å². The van der Waals surface area contributed by atoms with Crippen LogP contribution in [-0.2, 0) is 0 Å². The highest BCUT2D eigenvalue weighted by Crippen LogP contribution is 2.27. The maximum Gasteiger partial charge on any atom is 0.271 e. The third-order valence-corrected chi connectivity index (χ3v) is 3.34. The van der Waals surface area contributed by atoms with Gasteiger partial charge in [-0.15, -0.1) is 0 Å². The number of halogens is 1. The Bertz CT molecular complexity index is 812. The Balaban J connectivity index is 2.31. The molecule has 0 saturated carbocycles. The average molecular weight is 316 g/mol. The van der Waals surface area contributed by atoms with E-state index in [1.807, 2.05) is 6.07 Å². The van der Waals surface area contributed by atoms with E-state index in [0.29, 0.717) is 16.7 Å². The number of non-ortho nitro benzene ring substituents is 1. The molecule has 0 aliphatic carbocycles. The van der Waals surface area contributed by atoms with Crippen LogP contribution in [0.25, 0.3) is 0 Å². The van der Waals surface area contributed by atoms with Crippen LogP contribution in [0.3, 0.4) is 0 Å². The first-order valence-corrected chi connectivity index (χ1v) is 6.56. The van der Waals surface area contributed by atoms with Gasteiger partial charge in [-0.25, -0.2) is 0 Å². The minimum absolute atomic E-state index is 0.157. The zero-order valence-corrected chi connectivity index (χ0v) is 12.2. The average Bonchev–Trinajstić information content (AvgIpc) is 2.48. The number of amides is 1. The number of carbonyl (C=O) groups is 1. The van der Waals surface area contributed by atoms with Crippen molar-refractivity contribution in [2.24, 2.45) is 0 Å². The normalized spacial score (nSPS) is 9.86. The van der Waals surface area contributed by atoms with Gasteiger partial charge in [0.25, 0.3) is 11.6 Å². The third-order valence-electron chi connectivity index (χ3n) is 3.01. The first-order valence-electron chi connectivity index (χ1n) is 6.18. The molecule has 2 rings (SSSR count). The van der Waals surface area contributed by atoms with E-state index < -0.39 is 10.8 Å². The molecule has 0 aromatic heterocycles. The lowest BCUT2D eigenvalue weighted by molar-refractivity contribution is -0.384. The number of nitro groups is 1. The molecule has 0 atom stereocenters. The van der Waals surface area contributed by atoms with Crippen molar-refractivity contribution in [2.75, 3.05) is 5.32 Å². The fraction of sp³-hybridized carbons (Fsp3) is 0.0667. The zero-order valence-electron chi connectivity index (χ0n) is 11.5. The standard InChI is InChI=1S/C15H10ClN3O3/c1-9-6-10(8-17)2-4-12(9)15(20)18-14-7-11(19(21)22)3-5-13(14)16/h2-7H,1H3,(H,18,20). The molecule has 0 radical (unpaired) electrons. The van der Waals surface area contributed by atoms with Crippen LogP contribution in [0.15, 0.2) is 36.4 Å². The summed E-state index contributed by atoms with van der Waals surface area (Å²) in [4.78, 5) is 22.4. The van der Waals surface area contributed by atoms with Gasteiger partial charge in [-0.3, -0.25) is 14.9 Å². The minimum atomic E-state index is -0.570. The molecule has 0 aliphatic rings. The topological polar surface area (TPSA) is 96.0 Å². The summed E-state index contributed by atoms with van der Waals surface area (Å²) in [7, 11) is 0. The van der Waals surface area contributed by atoms with Gasteiger partial charge in [-0.1, -0.05) is 11.6 Å². The number of nitrogens with one attached hydrogen (secondary N) is 1. The van der Waals surface area contributed by atoms with Gasteiger partial charge in [0.2, 0.25) is 0 Å². The molecular formula is C15H10ClN3O3. The molecule has 0 aliphatic heterocycles. The summed E-state index contributed by atoms with van der Waals surface area (Å²) < 4.78 is 0. The number of nitriles is 1. The smallest absolute Gasteiger partial charge is 0.271 e. The van der Waals surface area contributed by atoms with Crippen LogP contribution in [0.5, 0.6) is 0 Å². The lowest BCUT2D eigenvalue weighted by Crippen LogP contribution is -2.14. The number of aryl methyl sites for hydroxylation is 1. The molecule has 0 unspecified atom stereocenters. The third kappa shape index (κ3) is 3.22. The van der Waals surface area contributed by atoms with E-state index in [0.717, 1.165) is 0 Å². The summed E-state index contributed by atoms with van der Waals surface area (Å²) in [6.45, 7) is 1.70. The highest BCUT2D eigenvalue weighted by atomic mass is 35.5. The summed E-state index contributed by atoms with van der Waals surface area (Å²) >= 11 is 5.94. The second-order valence-electron chi connectivity index (χ2n) is 4.52. The molecule has 0 fully saturated rings. The summed E-state index contributed by atoms with van der Waals surface area (Å²) in [5.74, 6) is -0.454. The van der Waals surface area contributed by atoms with Gasteiger partial charge < -0.3 is 5.32 Å². The van der Waals surface area contributed by atoms with Gasteiger partial charge in [0, 0.05) is 17.7 Å². The quantitative estimate of drug-likeness (QED) is 0.690. The molecule has 0 heterocycles. The molecule has 110 valence electrons. The van der Waals surface area contributed by atoms with Crippen molar-refractivity contribution >= 4 is 28.9 Å². The van der Waals surface area contributed by atoms with Crippen molar-refractivity contribution in [3.63, 3.8) is 0 Å². The van der Waals surface area contributed by atoms with E-state index in [9.17, 15) is 14.9 Å². The second-order valence-corrected chi connectivity index (χ2v) is 4.92. The van der Waals surface area contributed by atoms with Gasteiger partial charge in [0.15, 0.2) is 0 Å². The molecular weight excluding hydrogens is 306 g/mol. The second kappa shape index (κ2) is 6.24. The SMILES string of the molecule is Cc1cc(C#N)ccc1C(=O)Nc1cc([N+](=O)[O-])ccc1Cl. The van der Waals surface area contributed by atoms with Gasteiger partial charge in [0.05, 0.1) is 27.3 Å². The Hall–Kier alpha value is -2.91. The van der Waals surface area contributed by atoms with Crippen molar-refractivity contribution in [3.05, 3.63) is 68.2 Å². The van der Waals surface area contributed by atoms with Crippen LogP contribution in [-0.4, -0.2) is 10.8 Å². The number of carbonyl (C=O) groups excluding carboxylic acids is 1. The lowest BCUT2D eigenvalue weighted by Gasteiger charge is -2.09. The van der Waals surface area contributed by atoms with Gasteiger partial charge in [0.1, 0.15) is 0 Å². The van der Waals surface area contributed by atoms with Crippen LogP contribution in [0.2, 0.25) is 5.02 Å². The Labute approximate surface area is 131 Å². The highest BCUT2D eigenvalue weighted by Gasteiger charge is 2.14. The van der Waals surface area contributed by atoms with Crippen LogP contribution in [0.4, 0.5) is 11.4 Å². The number of hydrogen-bond donors (Lipinski definition) is 1. The largest absolute Gasteiger partial charge is 0.320 e. The first-order chi connectivity index (χ1) is 10.4. The predicted octanol–water partition coefficient (Wildman–Crippen LogP) is 3.68. The molecule has 0 bridgehead atoms. The predicted molar refractivity (Wildman–Crippen MR) is 82.0 cm³/mol. The molecule has 6 nitrogen and oxygen atoms in total.